The van der Waals surface area contributed by atoms with Crippen molar-refractivity contribution < 1.29 is 14.3 Å². The fraction of sp³-hybridized carbons (Fsp3) is 0.611. The monoisotopic (exact) mass is 348 g/mol. The van der Waals surface area contributed by atoms with Gasteiger partial charge in [0.15, 0.2) is 11.5 Å². The van der Waals surface area contributed by atoms with Crippen LogP contribution in [0, 0.1) is 0 Å². The maximum absolute atomic E-state index is 12.5. The van der Waals surface area contributed by atoms with Crippen LogP contribution in [0.25, 0.3) is 0 Å². The lowest BCUT2D eigenvalue weighted by atomic mass is 10.1. The van der Waals surface area contributed by atoms with Crippen molar-refractivity contribution >= 4 is 17.7 Å². The molecule has 4 rings (SSSR count). The lowest BCUT2D eigenvalue weighted by Crippen LogP contribution is -2.39. The molecule has 2 fully saturated rings. The summed E-state index contributed by atoms with van der Waals surface area (Å²) in [5, 5.41) is 3.62. The zero-order valence-corrected chi connectivity index (χ0v) is 14.6. The third-order valence-corrected chi connectivity index (χ3v) is 5.97. The topological polar surface area (TPSA) is 50.8 Å². The van der Waals surface area contributed by atoms with E-state index in [-0.39, 0.29) is 5.91 Å². The van der Waals surface area contributed by atoms with Crippen molar-refractivity contribution in [1.29, 1.82) is 0 Å². The molecule has 0 radical (unpaired) electrons. The van der Waals surface area contributed by atoms with Crippen LogP contribution in [0.4, 0.5) is 0 Å². The Morgan fingerprint density at radius 2 is 2.00 bits per heavy atom. The van der Waals surface area contributed by atoms with Gasteiger partial charge in [0.05, 0.1) is 0 Å². The van der Waals surface area contributed by atoms with Gasteiger partial charge in [0, 0.05) is 42.2 Å². The van der Waals surface area contributed by atoms with Gasteiger partial charge in [0.1, 0.15) is 13.2 Å². The van der Waals surface area contributed by atoms with E-state index in [0.717, 1.165) is 41.7 Å². The number of hydrogen-bond donors (Lipinski definition) is 1. The Hall–Kier alpha value is -1.40. The average Bonchev–Trinajstić information content (AvgIpc) is 2.93. The van der Waals surface area contributed by atoms with Gasteiger partial charge in [0.2, 0.25) is 5.91 Å². The summed E-state index contributed by atoms with van der Waals surface area (Å²) < 4.78 is 11.1. The predicted octanol–water partition coefficient (Wildman–Crippen LogP) is 2.29. The predicted molar refractivity (Wildman–Crippen MR) is 93.9 cm³/mol. The molecule has 3 aliphatic rings. The van der Waals surface area contributed by atoms with Crippen LogP contribution in [-0.2, 0) is 4.79 Å². The highest BCUT2D eigenvalue weighted by Gasteiger charge is 2.30. The fourth-order valence-corrected chi connectivity index (χ4v) is 4.56. The zero-order valence-electron chi connectivity index (χ0n) is 13.8. The van der Waals surface area contributed by atoms with E-state index in [2.05, 4.69) is 10.2 Å². The number of likely N-dealkylation sites (tertiary alicyclic amines) is 1. The van der Waals surface area contributed by atoms with E-state index < -0.39 is 0 Å². The number of thioether (sulfide) groups is 1. The van der Waals surface area contributed by atoms with E-state index in [9.17, 15) is 4.79 Å². The van der Waals surface area contributed by atoms with E-state index in [0.29, 0.717) is 31.7 Å². The van der Waals surface area contributed by atoms with Gasteiger partial charge in [-0.25, -0.2) is 0 Å². The summed E-state index contributed by atoms with van der Waals surface area (Å²) in [5.74, 6) is 2.71. The van der Waals surface area contributed by atoms with Gasteiger partial charge in [-0.05, 0) is 37.5 Å². The van der Waals surface area contributed by atoms with Crippen molar-refractivity contribution in [3.8, 4) is 11.5 Å². The second-order valence-electron chi connectivity index (χ2n) is 6.67. The van der Waals surface area contributed by atoms with Crippen molar-refractivity contribution in [3.05, 3.63) is 18.2 Å². The molecule has 130 valence electrons. The van der Waals surface area contributed by atoms with Crippen LogP contribution in [0.1, 0.15) is 25.7 Å². The molecule has 0 aliphatic carbocycles. The van der Waals surface area contributed by atoms with Gasteiger partial charge in [-0.2, -0.15) is 0 Å². The minimum Gasteiger partial charge on any atom is -0.486 e. The Morgan fingerprint density at radius 1 is 1.17 bits per heavy atom. The molecule has 2 saturated heterocycles. The van der Waals surface area contributed by atoms with Crippen LogP contribution < -0.4 is 14.8 Å². The molecule has 1 aromatic carbocycles. The summed E-state index contributed by atoms with van der Waals surface area (Å²) in [6.45, 7) is 3.00. The van der Waals surface area contributed by atoms with Crippen molar-refractivity contribution in [2.24, 2.45) is 0 Å². The Balaban J connectivity index is 1.27. The summed E-state index contributed by atoms with van der Waals surface area (Å²) in [4.78, 5) is 15.7. The number of amides is 1. The molecule has 1 amide bonds. The summed E-state index contributed by atoms with van der Waals surface area (Å²) in [6, 6.07) is 7.14. The maximum atomic E-state index is 12.5. The standard InChI is InChI=1S/C18H24N2O3S/c21-18(20-7-5-13-1-2-14(12-20)19-13)6-10-24-15-3-4-16-17(11-15)23-9-8-22-16/h3-4,11,13-14,19H,1-2,5-10,12H2. The summed E-state index contributed by atoms with van der Waals surface area (Å²) in [7, 11) is 0. The number of rotatable bonds is 4. The van der Waals surface area contributed by atoms with Crippen molar-refractivity contribution in [1.82, 2.24) is 10.2 Å². The minimum atomic E-state index is 0.286. The Kier molecular flexibility index (Phi) is 4.85. The third kappa shape index (κ3) is 3.64. The second kappa shape index (κ2) is 7.23. The highest BCUT2D eigenvalue weighted by atomic mass is 32.2. The van der Waals surface area contributed by atoms with Gasteiger partial charge in [-0.15, -0.1) is 11.8 Å². The normalized spacial score (nSPS) is 25.4. The van der Waals surface area contributed by atoms with Crippen molar-refractivity contribution in [2.75, 3.05) is 32.1 Å². The van der Waals surface area contributed by atoms with Crippen molar-refractivity contribution in [3.63, 3.8) is 0 Å². The van der Waals surface area contributed by atoms with E-state index in [1.54, 1.807) is 11.8 Å². The van der Waals surface area contributed by atoms with E-state index in [4.69, 9.17) is 9.47 Å². The molecule has 2 bridgehead atoms. The Morgan fingerprint density at radius 3 is 2.92 bits per heavy atom. The molecule has 3 heterocycles. The van der Waals surface area contributed by atoms with Crippen LogP contribution in [-0.4, -0.2) is 54.9 Å². The van der Waals surface area contributed by atoms with Gasteiger partial charge in [0.25, 0.3) is 0 Å². The SMILES string of the molecule is O=C(CCSc1ccc2c(c1)OCCO2)N1CCC2CCC(C1)N2. The minimum absolute atomic E-state index is 0.286. The first-order valence-electron chi connectivity index (χ1n) is 8.84. The average molecular weight is 348 g/mol. The quantitative estimate of drug-likeness (QED) is 0.846. The molecule has 1 N–H and O–H groups in total. The Bertz CT molecular complexity index is 610. The summed E-state index contributed by atoms with van der Waals surface area (Å²) in [6.07, 6.45) is 4.17. The van der Waals surface area contributed by atoms with Crippen LogP contribution in [0.15, 0.2) is 23.1 Å². The van der Waals surface area contributed by atoms with Crippen LogP contribution in [0.2, 0.25) is 0 Å². The van der Waals surface area contributed by atoms with Gasteiger partial charge >= 0.3 is 0 Å². The highest BCUT2D eigenvalue weighted by molar-refractivity contribution is 7.99. The maximum Gasteiger partial charge on any atom is 0.223 e. The molecule has 0 aromatic heterocycles. The fourth-order valence-electron chi connectivity index (χ4n) is 3.70. The van der Waals surface area contributed by atoms with Crippen LogP contribution in [0.3, 0.4) is 0 Å². The molecular weight excluding hydrogens is 324 g/mol. The lowest BCUT2D eigenvalue weighted by Gasteiger charge is -2.24. The number of benzene rings is 1. The summed E-state index contributed by atoms with van der Waals surface area (Å²) >= 11 is 1.71. The van der Waals surface area contributed by atoms with Crippen molar-refractivity contribution in [2.45, 2.75) is 42.7 Å². The molecular formula is C18H24N2O3S. The number of carbonyl (C=O) groups excluding carboxylic acids is 1. The molecule has 0 saturated carbocycles. The molecule has 1 aromatic rings. The Labute approximate surface area is 147 Å². The smallest absolute Gasteiger partial charge is 0.223 e. The van der Waals surface area contributed by atoms with Gasteiger partial charge in [-0.1, -0.05) is 0 Å². The number of nitrogens with one attached hydrogen (secondary N) is 1. The molecule has 24 heavy (non-hydrogen) atoms. The first kappa shape index (κ1) is 16.1. The molecule has 6 heteroatoms. The van der Waals surface area contributed by atoms with E-state index >= 15 is 0 Å². The second-order valence-corrected chi connectivity index (χ2v) is 7.84. The van der Waals surface area contributed by atoms with Crippen LogP contribution >= 0.6 is 11.8 Å². The number of hydrogen-bond acceptors (Lipinski definition) is 5. The number of fused-ring (bicyclic) bond motifs is 3. The van der Waals surface area contributed by atoms with Gasteiger partial charge in [-0.3, -0.25) is 4.79 Å². The third-order valence-electron chi connectivity index (χ3n) is 4.97. The van der Waals surface area contributed by atoms with E-state index in [1.165, 1.54) is 12.8 Å². The first-order chi connectivity index (χ1) is 11.8. The lowest BCUT2D eigenvalue weighted by molar-refractivity contribution is -0.130. The first-order valence-corrected chi connectivity index (χ1v) is 9.83. The molecule has 3 aliphatic heterocycles. The number of ether oxygens (including phenoxy) is 2. The highest BCUT2D eigenvalue weighted by Crippen LogP contribution is 2.34. The number of nitrogens with zero attached hydrogens (tertiary/aromatic N) is 1. The summed E-state index contributed by atoms with van der Waals surface area (Å²) in [5.41, 5.74) is 0. The van der Waals surface area contributed by atoms with Gasteiger partial charge < -0.3 is 19.7 Å². The van der Waals surface area contributed by atoms with Crippen LogP contribution in [0.5, 0.6) is 11.5 Å². The molecule has 5 nitrogen and oxygen atoms in total. The molecule has 2 unspecified atom stereocenters. The molecule has 0 spiro atoms. The largest absolute Gasteiger partial charge is 0.486 e. The van der Waals surface area contributed by atoms with E-state index in [1.807, 2.05) is 18.2 Å². The molecule has 2 atom stereocenters. The number of carbonyl (C=O) groups is 1. The zero-order chi connectivity index (χ0) is 16.4.